The molecule has 144 valence electrons. The van der Waals surface area contributed by atoms with E-state index >= 15 is 0 Å². The molecule has 2 N–H and O–H groups in total. The van der Waals surface area contributed by atoms with Gasteiger partial charge in [0.2, 0.25) is 6.71 Å². The highest BCUT2D eigenvalue weighted by atomic mass is 16.3. The molecule has 0 bridgehead atoms. The number of rotatable bonds is 1. The molecule has 5 aromatic rings. The summed E-state index contributed by atoms with van der Waals surface area (Å²) in [7, 11) is 0. The lowest BCUT2D eigenvalue weighted by Gasteiger charge is -2.28. The Bertz CT molecular complexity index is 1440. The fourth-order valence-corrected chi connectivity index (χ4v) is 5.78. The predicted molar refractivity (Wildman–Crippen MR) is 128 cm³/mol. The minimum Gasteiger partial charge on any atom is -0.507 e. The highest BCUT2D eigenvalue weighted by molar-refractivity contribution is 7.00. The second kappa shape index (κ2) is 5.79. The van der Waals surface area contributed by atoms with Gasteiger partial charge < -0.3 is 10.2 Å². The second-order valence-electron chi connectivity index (χ2n) is 8.67. The van der Waals surface area contributed by atoms with Crippen molar-refractivity contribution in [2.24, 2.45) is 0 Å². The Morgan fingerprint density at radius 2 is 1.13 bits per heavy atom. The van der Waals surface area contributed by atoms with Gasteiger partial charge in [0.05, 0.1) is 0 Å². The first-order valence-corrected chi connectivity index (χ1v) is 10.4. The first-order chi connectivity index (χ1) is 14.5. The quantitative estimate of drug-likeness (QED) is 0.326. The molecule has 0 saturated carbocycles. The highest BCUT2D eigenvalue weighted by Gasteiger charge is 2.33. The molecule has 6 rings (SSSR count). The largest absolute Gasteiger partial charge is 0.507 e. The van der Waals surface area contributed by atoms with Gasteiger partial charge in [-0.3, -0.25) is 0 Å². The van der Waals surface area contributed by atoms with Gasteiger partial charge in [-0.05, 0) is 54.4 Å². The van der Waals surface area contributed by atoms with E-state index in [2.05, 4.69) is 45.0 Å². The average molecular weight is 388 g/mol. The van der Waals surface area contributed by atoms with Crippen LogP contribution in [-0.2, 0) is 0 Å². The van der Waals surface area contributed by atoms with Gasteiger partial charge in [0.1, 0.15) is 11.5 Å². The molecule has 0 unspecified atom stereocenters. The number of phenolic OH excluding ortho intramolecular Hbond substituents is 2. The Balaban J connectivity index is 1.91. The van der Waals surface area contributed by atoms with Crippen molar-refractivity contribution in [1.82, 2.24) is 0 Å². The fraction of sp³-hybridized carbons (Fsp3) is 0.111. The SMILES string of the molecule is Cc1cc(C)c(B2c3cccc4c(O)cc5cc(O)c6cccc2c6c5c34)c(C)c1. The molecule has 0 atom stereocenters. The number of phenols is 2. The van der Waals surface area contributed by atoms with Crippen molar-refractivity contribution in [3.8, 4) is 11.5 Å². The van der Waals surface area contributed by atoms with Crippen molar-refractivity contribution in [2.75, 3.05) is 0 Å². The van der Waals surface area contributed by atoms with Crippen molar-refractivity contribution in [3.05, 3.63) is 77.4 Å². The van der Waals surface area contributed by atoms with Crippen LogP contribution in [0.3, 0.4) is 0 Å². The number of aromatic hydroxyl groups is 2. The van der Waals surface area contributed by atoms with Gasteiger partial charge in [0.15, 0.2) is 0 Å². The lowest BCUT2D eigenvalue weighted by molar-refractivity contribution is 0.481. The molecular formula is C27H21BO2. The molecule has 1 heterocycles. The summed E-state index contributed by atoms with van der Waals surface area (Å²) in [4.78, 5) is 0. The van der Waals surface area contributed by atoms with Crippen LogP contribution in [0.5, 0.6) is 11.5 Å². The third-order valence-corrected chi connectivity index (χ3v) is 6.77. The van der Waals surface area contributed by atoms with Gasteiger partial charge >= 0.3 is 0 Å². The highest BCUT2D eigenvalue weighted by Crippen LogP contribution is 2.41. The van der Waals surface area contributed by atoms with Gasteiger partial charge in [0.25, 0.3) is 0 Å². The van der Waals surface area contributed by atoms with E-state index < -0.39 is 0 Å². The molecule has 0 spiro atoms. The Kier molecular flexibility index (Phi) is 3.36. The molecule has 30 heavy (non-hydrogen) atoms. The maximum Gasteiger partial charge on any atom is 0.243 e. The normalized spacial score (nSPS) is 12.7. The van der Waals surface area contributed by atoms with Crippen LogP contribution in [0.15, 0.2) is 60.7 Å². The lowest BCUT2D eigenvalue weighted by atomic mass is 9.33. The fourth-order valence-electron chi connectivity index (χ4n) is 5.78. The molecule has 1 aliphatic rings. The average Bonchev–Trinajstić information content (AvgIpc) is 2.70. The molecule has 2 nitrogen and oxygen atoms in total. The standard InChI is InChI=1S/C27H21BO2/c1-14-10-15(2)27(16(3)11-14)28-20-8-4-6-18-22(29)12-17-13-23(30)19-7-5-9-21(28)26(19)24(17)25(18)20/h4-13,29-30H,1-3H3. The van der Waals surface area contributed by atoms with Crippen molar-refractivity contribution in [2.45, 2.75) is 20.8 Å². The summed E-state index contributed by atoms with van der Waals surface area (Å²) in [5.74, 6) is 0.516. The van der Waals surface area contributed by atoms with Gasteiger partial charge in [-0.15, -0.1) is 0 Å². The Morgan fingerprint density at radius 3 is 1.63 bits per heavy atom. The third kappa shape index (κ3) is 2.10. The van der Waals surface area contributed by atoms with E-state index in [1.807, 2.05) is 24.3 Å². The molecule has 0 amide bonds. The summed E-state index contributed by atoms with van der Waals surface area (Å²) in [6.07, 6.45) is 0. The minimum atomic E-state index is 0.0531. The van der Waals surface area contributed by atoms with Crippen LogP contribution in [0, 0.1) is 20.8 Å². The molecule has 0 aliphatic carbocycles. The summed E-state index contributed by atoms with van der Waals surface area (Å²) in [6, 6.07) is 20.5. The van der Waals surface area contributed by atoms with E-state index in [4.69, 9.17) is 0 Å². The van der Waals surface area contributed by atoms with Crippen LogP contribution in [0.1, 0.15) is 16.7 Å². The minimum absolute atomic E-state index is 0.0531. The van der Waals surface area contributed by atoms with Gasteiger partial charge in [-0.25, -0.2) is 0 Å². The summed E-state index contributed by atoms with van der Waals surface area (Å²) in [6.45, 7) is 6.56. The van der Waals surface area contributed by atoms with Crippen LogP contribution in [0.2, 0.25) is 0 Å². The maximum absolute atomic E-state index is 10.8. The molecular weight excluding hydrogens is 367 g/mol. The zero-order valence-electron chi connectivity index (χ0n) is 17.2. The second-order valence-corrected chi connectivity index (χ2v) is 8.67. The third-order valence-electron chi connectivity index (χ3n) is 6.77. The number of aryl methyl sites for hydroxylation is 3. The molecule has 1 aliphatic heterocycles. The van der Waals surface area contributed by atoms with E-state index in [1.54, 1.807) is 12.1 Å². The lowest BCUT2D eigenvalue weighted by Crippen LogP contribution is -2.55. The van der Waals surface area contributed by atoms with Crippen molar-refractivity contribution in [3.63, 3.8) is 0 Å². The van der Waals surface area contributed by atoms with Gasteiger partial charge in [0, 0.05) is 10.8 Å². The van der Waals surface area contributed by atoms with Gasteiger partial charge in [-0.2, -0.15) is 0 Å². The Hall–Kier alpha value is -3.46. The summed E-state index contributed by atoms with van der Waals surface area (Å²) in [5, 5.41) is 27.5. The van der Waals surface area contributed by atoms with Crippen molar-refractivity contribution < 1.29 is 10.2 Å². The first-order valence-electron chi connectivity index (χ1n) is 10.4. The maximum atomic E-state index is 10.8. The van der Waals surface area contributed by atoms with Gasteiger partial charge in [-0.1, -0.05) is 81.6 Å². The molecule has 0 saturated heterocycles. The van der Waals surface area contributed by atoms with Crippen LogP contribution >= 0.6 is 0 Å². The number of hydrogen-bond acceptors (Lipinski definition) is 2. The summed E-state index contributed by atoms with van der Waals surface area (Å²) >= 11 is 0. The summed E-state index contributed by atoms with van der Waals surface area (Å²) in [5.41, 5.74) is 7.55. The topological polar surface area (TPSA) is 40.5 Å². The van der Waals surface area contributed by atoms with E-state index in [0.717, 1.165) is 32.3 Å². The van der Waals surface area contributed by atoms with Crippen molar-refractivity contribution >= 4 is 55.4 Å². The van der Waals surface area contributed by atoms with Crippen LogP contribution < -0.4 is 16.4 Å². The zero-order chi connectivity index (χ0) is 20.7. The van der Waals surface area contributed by atoms with E-state index in [-0.39, 0.29) is 18.2 Å². The smallest absolute Gasteiger partial charge is 0.243 e. The van der Waals surface area contributed by atoms with Crippen LogP contribution in [0.25, 0.3) is 32.3 Å². The zero-order valence-corrected chi connectivity index (χ0v) is 17.2. The number of benzene rings is 5. The Morgan fingerprint density at radius 1 is 0.633 bits per heavy atom. The molecule has 5 aromatic carbocycles. The van der Waals surface area contributed by atoms with E-state index in [1.165, 1.54) is 33.1 Å². The molecule has 0 fully saturated rings. The Labute approximate surface area is 175 Å². The predicted octanol–water partition coefficient (Wildman–Crippen LogP) is 4.31. The molecule has 0 aromatic heterocycles. The first kappa shape index (κ1) is 17.4. The molecule has 3 heteroatoms. The van der Waals surface area contributed by atoms with E-state index in [9.17, 15) is 10.2 Å². The monoisotopic (exact) mass is 388 g/mol. The summed E-state index contributed by atoms with van der Waals surface area (Å²) < 4.78 is 0. The number of hydrogen-bond donors (Lipinski definition) is 2. The van der Waals surface area contributed by atoms with E-state index in [0.29, 0.717) is 0 Å². The molecule has 0 radical (unpaired) electrons. The van der Waals surface area contributed by atoms with Crippen LogP contribution in [-0.4, -0.2) is 16.9 Å². The van der Waals surface area contributed by atoms with Crippen molar-refractivity contribution in [1.29, 1.82) is 0 Å². The van der Waals surface area contributed by atoms with Crippen LogP contribution in [0.4, 0.5) is 0 Å².